The second-order valence-electron chi connectivity index (χ2n) is 14.0. The Bertz CT molecular complexity index is 2970. The first kappa shape index (κ1) is 29.8. The Kier molecular flexibility index (Phi) is 6.50. The van der Waals surface area contributed by atoms with E-state index in [1.807, 2.05) is 0 Å². The highest BCUT2D eigenvalue weighted by Crippen LogP contribution is 2.56. The molecule has 2 heterocycles. The van der Waals surface area contributed by atoms with E-state index in [1.54, 1.807) is 0 Å². The van der Waals surface area contributed by atoms with Gasteiger partial charge in [-0.25, -0.2) is 0 Å². The average molecular weight is 676 g/mol. The third-order valence-corrected chi connectivity index (χ3v) is 11.3. The minimum Gasteiger partial charge on any atom is -0.457 e. The molecule has 0 aliphatic carbocycles. The maximum absolute atomic E-state index is 6.68. The van der Waals surface area contributed by atoms with Crippen molar-refractivity contribution in [2.45, 2.75) is 5.41 Å². The molecule has 0 amide bonds. The molecule has 11 rings (SSSR count). The highest BCUT2D eigenvalue weighted by molar-refractivity contribution is 6.25. The molecule has 2 heteroatoms. The predicted molar refractivity (Wildman–Crippen MR) is 220 cm³/mol. The molecule has 0 radical (unpaired) electrons. The summed E-state index contributed by atoms with van der Waals surface area (Å²) in [4.78, 5) is 0. The Hall–Kier alpha value is -6.90. The van der Waals surface area contributed by atoms with Gasteiger partial charge >= 0.3 is 0 Å². The lowest BCUT2D eigenvalue weighted by Crippen LogP contribution is -2.34. The molecule has 2 nitrogen and oxygen atoms in total. The Labute approximate surface area is 307 Å². The van der Waals surface area contributed by atoms with Crippen LogP contribution in [-0.4, -0.2) is 4.57 Å². The first-order valence-corrected chi connectivity index (χ1v) is 18.3. The molecule has 0 N–H and O–H groups in total. The molecular weight excluding hydrogens is 643 g/mol. The summed E-state index contributed by atoms with van der Waals surface area (Å²) in [7, 11) is 0. The summed E-state index contributed by atoms with van der Waals surface area (Å²) >= 11 is 0. The molecule has 10 aromatic rings. The van der Waals surface area contributed by atoms with E-state index in [0.29, 0.717) is 0 Å². The van der Waals surface area contributed by atoms with Crippen LogP contribution in [0, 0.1) is 0 Å². The van der Waals surface area contributed by atoms with Crippen molar-refractivity contribution in [1.82, 2.24) is 4.57 Å². The zero-order valence-corrected chi connectivity index (χ0v) is 28.9. The molecular formula is C51H33NO. The van der Waals surface area contributed by atoms with Crippen molar-refractivity contribution in [2.24, 2.45) is 0 Å². The summed E-state index contributed by atoms with van der Waals surface area (Å²) in [6, 6.07) is 72.6. The second-order valence-corrected chi connectivity index (χ2v) is 14.0. The lowest BCUT2D eigenvalue weighted by molar-refractivity contribution is 0.434. The maximum atomic E-state index is 6.68. The van der Waals surface area contributed by atoms with Crippen LogP contribution in [-0.2, 0) is 5.41 Å². The summed E-state index contributed by atoms with van der Waals surface area (Å²) in [5, 5.41) is 7.59. The third kappa shape index (κ3) is 4.33. The average Bonchev–Trinajstić information content (AvgIpc) is 3.59. The standard InChI is InChI=1S/C51H33NO/c1-3-15-38(16-4-1)51(39-17-5-2-6-18-39)44-21-11-12-22-47(44)53-48-32-27-37(33-45(48)51)34-23-28-40(29-24-34)52-46-31-26-35-13-7-9-19-41(35)49(46)43-30-25-36-14-8-10-20-42(36)50(43)52/h1-33H. The maximum Gasteiger partial charge on any atom is 0.132 e. The fraction of sp³-hybridized carbons (Fsp3) is 0.0196. The zero-order valence-electron chi connectivity index (χ0n) is 28.9. The number of fused-ring (bicyclic) bond motifs is 9. The summed E-state index contributed by atoms with van der Waals surface area (Å²) in [6.45, 7) is 0. The van der Waals surface area contributed by atoms with E-state index < -0.39 is 5.41 Å². The smallest absolute Gasteiger partial charge is 0.132 e. The monoisotopic (exact) mass is 675 g/mol. The first-order chi connectivity index (χ1) is 26.3. The van der Waals surface area contributed by atoms with Gasteiger partial charge in [-0.05, 0) is 74.8 Å². The van der Waals surface area contributed by atoms with Crippen LogP contribution in [0.2, 0.25) is 0 Å². The molecule has 53 heavy (non-hydrogen) atoms. The van der Waals surface area contributed by atoms with Gasteiger partial charge in [0.2, 0.25) is 0 Å². The van der Waals surface area contributed by atoms with Gasteiger partial charge in [0.25, 0.3) is 0 Å². The van der Waals surface area contributed by atoms with Gasteiger partial charge in [-0.15, -0.1) is 0 Å². The van der Waals surface area contributed by atoms with E-state index in [4.69, 9.17) is 4.74 Å². The summed E-state index contributed by atoms with van der Waals surface area (Å²) in [5.41, 5.74) is 10.0. The van der Waals surface area contributed by atoms with Crippen LogP contribution in [0.5, 0.6) is 11.5 Å². The number of hydrogen-bond acceptors (Lipinski definition) is 1. The van der Waals surface area contributed by atoms with Crippen molar-refractivity contribution in [3.63, 3.8) is 0 Å². The first-order valence-electron chi connectivity index (χ1n) is 18.3. The van der Waals surface area contributed by atoms with Crippen LogP contribution in [0.3, 0.4) is 0 Å². The number of benzene rings is 9. The van der Waals surface area contributed by atoms with Gasteiger partial charge in [0.15, 0.2) is 0 Å². The molecule has 1 aromatic heterocycles. The fourth-order valence-corrected chi connectivity index (χ4v) is 9.00. The number of aromatic nitrogens is 1. The van der Waals surface area contributed by atoms with E-state index in [0.717, 1.165) is 39.4 Å². The number of para-hydroxylation sites is 1. The molecule has 0 bridgehead atoms. The molecule has 0 spiro atoms. The van der Waals surface area contributed by atoms with Crippen LogP contribution in [0.15, 0.2) is 200 Å². The quantitative estimate of drug-likeness (QED) is 0.181. The highest BCUT2D eigenvalue weighted by atomic mass is 16.5. The van der Waals surface area contributed by atoms with Gasteiger partial charge in [0.05, 0.1) is 16.4 Å². The van der Waals surface area contributed by atoms with Crippen molar-refractivity contribution >= 4 is 43.4 Å². The van der Waals surface area contributed by atoms with E-state index in [1.165, 1.54) is 54.5 Å². The summed E-state index contributed by atoms with van der Waals surface area (Å²) in [5.74, 6) is 1.76. The number of rotatable bonds is 4. The lowest BCUT2D eigenvalue weighted by Gasteiger charge is -2.41. The van der Waals surface area contributed by atoms with Gasteiger partial charge in [-0.1, -0.05) is 164 Å². The Morgan fingerprint density at radius 2 is 0.981 bits per heavy atom. The van der Waals surface area contributed by atoms with Crippen molar-refractivity contribution in [2.75, 3.05) is 0 Å². The number of hydrogen-bond donors (Lipinski definition) is 0. The van der Waals surface area contributed by atoms with E-state index in [9.17, 15) is 0 Å². The minimum absolute atomic E-state index is 0.560. The summed E-state index contributed by atoms with van der Waals surface area (Å²) in [6.07, 6.45) is 0. The van der Waals surface area contributed by atoms with Gasteiger partial charge in [-0.3, -0.25) is 0 Å². The lowest BCUT2D eigenvalue weighted by atomic mass is 9.63. The Balaban J connectivity index is 1.12. The van der Waals surface area contributed by atoms with Crippen LogP contribution in [0.1, 0.15) is 22.3 Å². The minimum atomic E-state index is -0.560. The van der Waals surface area contributed by atoms with Crippen molar-refractivity contribution < 1.29 is 4.74 Å². The second kappa shape index (κ2) is 11.6. The largest absolute Gasteiger partial charge is 0.457 e. The van der Waals surface area contributed by atoms with Gasteiger partial charge in [0, 0.05) is 33.0 Å². The van der Waals surface area contributed by atoms with Gasteiger partial charge < -0.3 is 9.30 Å². The predicted octanol–water partition coefficient (Wildman–Crippen LogP) is 13.2. The fourth-order valence-electron chi connectivity index (χ4n) is 9.00. The number of ether oxygens (including phenoxy) is 1. The van der Waals surface area contributed by atoms with E-state index in [2.05, 4.69) is 205 Å². The van der Waals surface area contributed by atoms with Crippen LogP contribution in [0.25, 0.3) is 60.2 Å². The van der Waals surface area contributed by atoms with Crippen molar-refractivity contribution in [3.8, 4) is 28.3 Å². The molecule has 0 fully saturated rings. The zero-order chi connectivity index (χ0) is 34.9. The number of nitrogens with zero attached hydrogens (tertiary/aromatic N) is 1. The third-order valence-electron chi connectivity index (χ3n) is 11.3. The Morgan fingerprint density at radius 3 is 1.74 bits per heavy atom. The van der Waals surface area contributed by atoms with Crippen LogP contribution in [0.4, 0.5) is 0 Å². The van der Waals surface area contributed by atoms with E-state index >= 15 is 0 Å². The normalized spacial score (nSPS) is 13.2. The topological polar surface area (TPSA) is 14.2 Å². The van der Waals surface area contributed by atoms with Crippen LogP contribution >= 0.6 is 0 Å². The van der Waals surface area contributed by atoms with E-state index in [-0.39, 0.29) is 0 Å². The summed E-state index contributed by atoms with van der Waals surface area (Å²) < 4.78 is 9.13. The van der Waals surface area contributed by atoms with Gasteiger partial charge in [0.1, 0.15) is 11.5 Å². The molecule has 0 saturated heterocycles. The SMILES string of the molecule is c1ccc(C2(c3ccccc3)c3ccccc3Oc3ccc(-c4ccc(-n5c6ccc7ccccc7c6c6ccc7ccccc7c65)cc4)cc32)cc1. The molecule has 1 aliphatic rings. The molecule has 1 aliphatic heterocycles. The molecule has 0 atom stereocenters. The van der Waals surface area contributed by atoms with Gasteiger partial charge in [-0.2, -0.15) is 0 Å². The molecule has 0 saturated carbocycles. The Morgan fingerprint density at radius 1 is 0.396 bits per heavy atom. The highest BCUT2D eigenvalue weighted by Gasteiger charge is 2.45. The van der Waals surface area contributed by atoms with Crippen molar-refractivity contribution in [1.29, 1.82) is 0 Å². The van der Waals surface area contributed by atoms with Crippen LogP contribution < -0.4 is 4.74 Å². The molecule has 0 unspecified atom stereocenters. The molecule has 9 aromatic carbocycles. The molecule has 248 valence electrons. The van der Waals surface area contributed by atoms with Crippen molar-refractivity contribution in [3.05, 3.63) is 222 Å².